The molecule has 1 spiro atoms. The van der Waals surface area contributed by atoms with Crippen molar-refractivity contribution >= 4 is 5.97 Å². The molecule has 3 aromatic rings. The number of hydrogen-bond donors (Lipinski definition) is 0. The molecule has 0 aliphatic heterocycles. The molecule has 3 heterocycles. The highest BCUT2D eigenvalue weighted by atomic mass is 16.5. The molecule has 6 nitrogen and oxygen atoms in total. The molecular formula is C22H23N3O3. The van der Waals surface area contributed by atoms with Gasteiger partial charge in [0, 0.05) is 40.9 Å². The zero-order chi connectivity index (χ0) is 19.3. The molecule has 2 aliphatic rings. The largest absolute Gasteiger partial charge is 0.460 e. The summed E-state index contributed by atoms with van der Waals surface area (Å²) < 4.78 is 13.1. The fraction of sp³-hybridized carbons (Fsp3) is 0.409. The maximum Gasteiger partial charge on any atom is 0.374 e. The van der Waals surface area contributed by atoms with Gasteiger partial charge in [-0.15, -0.1) is 0 Å². The van der Waals surface area contributed by atoms with Crippen molar-refractivity contribution in [2.45, 2.75) is 51.5 Å². The molecule has 28 heavy (non-hydrogen) atoms. The van der Waals surface area contributed by atoms with Gasteiger partial charge in [0.05, 0.1) is 24.5 Å². The van der Waals surface area contributed by atoms with Crippen molar-refractivity contribution in [1.82, 2.24) is 14.8 Å². The average Bonchev–Trinajstić information content (AvgIpc) is 3.23. The smallest absolute Gasteiger partial charge is 0.374 e. The normalized spacial score (nSPS) is 16.4. The minimum atomic E-state index is -0.411. The average molecular weight is 377 g/mol. The van der Waals surface area contributed by atoms with Crippen LogP contribution in [0.2, 0.25) is 0 Å². The first-order valence-electron chi connectivity index (χ1n) is 9.89. The van der Waals surface area contributed by atoms with Crippen LogP contribution in [0.25, 0.3) is 11.3 Å². The first-order chi connectivity index (χ1) is 13.6. The van der Waals surface area contributed by atoms with Gasteiger partial charge in [-0.3, -0.25) is 9.67 Å². The maximum absolute atomic E-state index is 12.2. The van der Waals surface area contributed by atoms with Crippen molar-refractivity contribution in [2.24, 2.45) is 0 Å². The van der Waals surface area contributed by atoms with Crippen LogP contribution in [0.15, 0.2) is 34.9 Å². The van der Waals surface area contributed by atoms with E-state index in [1.807, 2.05) is 22.9 Å². The fourth-order valence-electron chi connectivity index (χ4n) is 4.66. The highest BCUT2D eigenvalue weighted by molar-refractivity contribution is 5.89. The van der Waals surface area contributed by atoms with Gasteiger partial charge in [-0.25, -0.2) is 4.79 Å². The van der Waals surface area contributed by atoms with Gasteiger partial charge in [-0.2, -0.15) is 5.10 Å². The second-order valence-corrected chi connectivity index (χ2v) is 7.77. The predicted octanol–water partition coefficient (Wildman–Crippen LogP) is 4.05. The van der Waals surface area contributed by atoms with Crippen molar-refractivity contribution in [3.8, 4) is 11.3 Å². The molecule has 0 bridgehead atoms. The molecule has 0 atom stereocenters. The third-order valence-corrected chi connectivity index (χ3v) is 6.13. The third kappa shape index (κ3) is 2.51. The van der Waals surface area contributed by atoms with Gasteiger partial charge in [-0.1, -0.05) is 12.5 Å². The molecule has 0 N–H and O–H groups in total. The summed E-state index contributed by atoms with van der Waals surface area (Å²) in [5.41, 5.74) is 5.45. The molecule has 0 radical (unpaired) electrons. The minimum Gasteiger partial charge on any atom is -0.460 e. The standard InChI is InChI=1S/C22H23N3O3/c1-3-27-21(26)17-11-16-18(28-17)12-22(8-6-9-22)19-14(2)25(24-20(16)19)13-15-7-4-5-10-23-15/h4-5,7,10-11H,3,6,8-9,12-13H2,1-2H3. The maximum atomic E-state index is 12.2. The number of carbonyl (C=O) groups is 1. The lowest BCUT2D eigenvalue weighted by Crippen LogP contribution is -2.39. The summed E-state index contributed by atoms with van der Waals surface area (Å²) >= 11 is 0. The molecule has 144 valence electrons. The molecule has 6 heteroatoms. The monoisotopic (exact) mass is 377 g/mol. The van der Waals surface area contributed by atoms with E-state index in [2.05, 4.69) is 11.9 Å². The van der Waals surface area contributed by atoms with Gasteiger partial charge in [-0.05, 0) is 38.8 Å². The van der Waals surface area contributed by atoms with Crippen LogP contribution in [0.3, 0.4) is 0 Å². The molecule has 0 saturated heterocycles. The van der Waals surface area contributed by atoms with Gasteiger partial charge in [0.1, 0.15) is 5.76 Å². The van der Waals surface area contributed by atoms with Gasteiger partial charge in [0.2, 0.25) is 5.76 Å². The SMILES string of the molecule is CCOC(=O)c1cc2c(o1)CC1(CCC1)c1c-2nn(Cc2ccccn2)c1C. The van der Waals surface area contributed by atoms with Crippen molar-refractivity contribution in [3.63, 3.8) is 0 Å². The Kier molecular flexibility index (Phi) is 3.89. The van der Waals surface area contributed by atoms with E-state index in [9.17, 15) is 4.79 Å². The summed E-state index contributed by atoms with van der Waals surface area (Å²) in [6.07, 6.45) is 6.10. The molecular weight excluding hydrogens is 354 g/mol. The lowest BCUT2D eigenvalue weighted by atomic mass is 9.59. The molecule has 3 aromatic heterocycles. The van der Waals surface area contributed by atoms with Crippen LogP contribution < -0.4 is 0 Å². The number of esters is 1. The van der Waals surface area contributed by atoms with Crippen LogP contribution in [-0.2, 0) is 23.1 Å². The van der Waals surface area contributed by atoms with E-state index in [1.165, 1.54) is 17.7 Å². The van der Waals surface area contributed by atoms with Crippen LogP contribution in [0.5, 0.6) is 0 Å². The lowest BCUT2D eigenvalue weighted by Gasteiger charge is -2.44. The Morgan fingerprint density at radius 2 is 2.21 bits per heavy atom. The Bertz CT molecular complexity index is 1040. The number of ether oxygens (including phenoxy) is 1. The van der Waals surface area contributed by atoms with Crippen LogP contribution in [0, 0.1) is 6.92 Å². The highest BCUT2D eigenvalue weighted by Crippen LogP contribution is 2.55. The third-order valence-electron chi connectivity index (χ3n) is 6.13. The number of furan rings is 1. The van der Waals surface area contributed by atoms with E-state index in [0.29, 0.717) is 13.2 Å². The zero-order valence-corrected chi connectivity index (χ0v) is 16.2. The molecule has 2 aliphatic carbocycles. The molecule has 0 aromatic carbocycles. The van der Waals surface area contributed by atoms with Crippen LogP contribution in [0.1, 0.15) is 59.5 Å². The molecule has 0 amide bonds. The topological polar surface area (TPSA) is 70.2 Å². The molecule has 5 rings (SSSR count). The van der Waals surface area contributed by atoms with Gasteiger partial charge < -0.3 is 9.15 Å². The van der Waals surface area contributed by atoms with Gasteiger partial charge in [0.15, 0.2) is 0 Å². The minimum absolute atomic E-state index is 0.0819. The highest BCUT2D eigenvalue weighted by Gasteiger charge is 2.48. The molecule has 0 unspecified atom stereocenters. The number of fused-ring (bicyclic) bond motifs is 4. The number of hydrogen-bond acceptors (Lipinski definition) is 5. The van der Waals surface area contributed by atoms with Gasteiger partial charge >= 0.3 is 5.97 Å². The number of aromatic nitrogens is 3. The fourth-order valence-corrected chi connectivity index (χ4v) is 4.66. The van der Waals surface area contributed by atoms with Crippen LogP contribution in [-0.4, -0.2) is 27.3 Å². The summed E-state index contributed by atoms with van der Waals surface area (Å²) in [5.74, 6) is 0.717. The summed E-state index contributed by atoms with van der Waals surface area (Å²) in [7, 11) is 0. The van der Waals surface area contributed by atoms with Crippen molar-refractivity contribution in [2.75, 3.05) is 6.61 Å². The Hall–Kier alpha value is -2.89. The van der Waals surface area contributed by atoms with E-state index in [1.54, 1.807) is 19.2 Å². The first kappa shape index (κ1) is 17.2. The summed E-state index contributed by atoms with van der Waals surface area (Å²) in [4.78, 5) is 16.6. The quantitative estimate of drug-likeness (QED) is 0.642. The Balaban J connectivity index is 1.61. The van der Waals surface area contributed by atoms with Crippen molar-refractivity contribution in [1.29, 1.82) is 0 Å². The first-order valence-corrected chi connectivity index (χ1v) is 9.89. The number of pyridine rings is 1. The van der Waals surface area contributed by atoms with Crippen molar-refractivity contribution in [3.05, 3.63) is 58.9 Å². The zero-order valence-electron chi connectivity index (χ0n) is 16.2. The van der Waals surface area contributed by atoms with Gasteiger partial charge in [0.25, 0.3) is 0 Å². The number of carbonyl (C=O) groups excluding carboxylic acids is 1. The predicted molar refractivity (Wildman–Crippen MR) is 103 cm³/mol. The van der Waals surface area contributed by atoms with E-state index in [0.717, 1.165) is 42.0 Å². The molecule has 1 saturated carbocycles. The van der Waals surface area contributed by atoms with E-state index < -0.39 is 5.97 Å². The second-order valence-electron chi connectivity index (χ2n) is 7.77. The van der Waals surface area contributed by atoms with E-state index >= 15 is 0 Å². The number of nitrogens with zero attached hydrogens (tertiary/aromatic N) is 3. The van der Waals surface area contributed by atoms with Crippen molar-refractivity contribution < 1.29 is 13.9 Å². The Morgan fingerprint density at radius 3 is 2.89 bits per heavy atom. The number of rotatable bonds is 4. The Morgan fingerprint density at radius 1 is 1.36 bits per heavy atom. The Labute approximate surface area is 163 Å². The van der Waals surface area contributed by atoms with Crippen LogP contribution >= 0.6 is 0 Å². The van der Waals surface area contributed by atoms with E-state index in [4.69, 9.17) is 14.3 Å². The van der Waals surface area contributed by atoms with E-state index in [-0.39, 0.29) is 11.2 Å². The summed E-state index contributed by atoms with van der Waals surface area (Å²) in [6.45, 7) is 4.90. The van der Waals surface area contributed by atoms with Crippen LogP contribution in [0.4, 0.5) is 0 Å². The summed E-state index contributed by atoms with van der Waals surface area (Å²) in [6, 6.07) is 7.73. The summed E-state index contributed by atoms with van der Waals surface area (Å²) in [5, 5.41) is 4.95. The lowest BCUT2D eigenvalue weighted by molar-refractivity contribution is 0.0486. The second kappa shape index (κ2) is 6.33. The molecule has 1 fully saturated rings.